The Bertz CT molecular complexity index is 407. The van der Waals surface area contributed by atoms with E-state index in [4.69, 9.17) is 4.74 Å². The van der Waals surface area contributed by atoms with Crippen LogP contribution in [0.25, 0.3) is 0 Å². The van der Waals surface area contributed by atoms with Crippen molar-refractivity contribution in [3.8, 4) is 5.75 Å². The summed E-state index contributed by atoms with van der Waals surface area (Å²) in [6, 6.07) is 5.06. The van der Waals surface area contributed by atoms with E-state index in [9.17, 15) is 9.59 Å². The van der Waals surface area contributed by atoms with Gasteiger partial charge in [-0.1, -0.05) is 22.9 Å². The zero-order valence-electron chi connectivity index (χ0n) is 9.53. The van der Waals surface area contributed by atoms with Crippen molar-refractivity contribution < 1.29 is 14.3 Å². The van der Waals surface area contributed by atoms with Gasteiger partial charge in [0.05, 0.1) is 5.56 Å². The normalized spacial score (nSPS) is 9.76. The van der Waals surface area contributed by atoms with Crippen LogP contribution in [0.5, 0.6) is 5.75 Å². The van der Waals surface area contributed by atoms with E-state index in [0.717, 1.165) is 10.9 Å². The summed E-state index contributed by atoms with van der Waals surface area (Å²) < 4.78 is 6.07. The number of hydrogen-bond donors (Lipinski definition) is 1. The van der Waals surface area contributed by atoms with Crippen molar-refractivity contribution in [2.75, 3.05) is 13.2 Å². The molecule has 0 fully saturated rings. The Labute approximate surface area is 108 Å². The summed E-state index contributed by atoms with van der Waals surface area (Å²) in [6.45, 7) is 2.52. The van der Waals surface area contributed by atoms with Gasteiger partial charge in [-0.3, -0.25) is 9.59 Å². The van der Waals surface area contributed by atoms with E-state index in [1.807, 2.05) is 6.92 Å². The predicted octanol–water partition coefficient (Wildman–Crippen LogP) is 2.17. The predicted molar refractivity (Wildman–Crippen MR) is 68.3 cm³/mol. The molecular weight excluding hydrogens is 286 g/mol. The second-order valence-corrected chi connectivity index (χ2v) is 4.35. The van der Waals surface area contributed by atoms with Crippen molar-refractivity contribution in [3.05, 3.63) is 28.2 Å². The third-order valence-corrected chi connectivity index (χ3v) is 2.52. The number of rotatable bonds is 6. The first-order valence-electron chi connectivity index (χ1n) is 5.31. The number of carbonyl (C=O) groups is 2. The van der Waals surface area contributed by atoms with Crippen LogP contribution in [0.15, 0.2) is 22.7 Å². The van der Waals surface area contributed by atoms with Crippen molar-refractivity contribution in [3.63, 3.8) is 0 Å². The molecule has 0 bridgehead atoms. The molecular formula is C12H14BrNO3. The Morgan fingerprint density at radius 3 is 2.94 bits per heavy atom. The SMILES string of the molecule is CCCNC(=O)COc1ccc(Br)cc1C=O. The third kappa shape index (κ3) is 4.56. The van der Waals surface area contributed by atoms with E-state index in [1.54, 1.807) is 18.2 Å². The summed E-state index contributed by atoms with van der Waals surface area (Å²) in [6.07, 6.45) is 1.58. The lowest BCUT2D eigenvalue weighted by molar-refractivity contribution is -0.123. The first kappa shape index (κ1) is 13.7. The summed E-state index contributed by atoms with van der Waals surface area (Å²) in [5, 5.41) is 2.69. The van der Waals surface area contributed by atoms with Crippen LogP contribution in [0.1, 0.15) is 23.7 Å². The zero-order valence-corrected chi connectivity index (χ0v) is 11.1. The second kappa shape index (κ2) is 7.06. The maximum atomic E-state index is 11.3. The maximum absolute atomic E-state index is 11.3. The summed E-state index contributed by atoms with van der Waals surface area (Å²) in [4.78, 5) is 22.1. The minimum Gasteiger partial charge on any atom is -0.483 e. The zero-order chi connectivity index (χ0) is 12.7. The van der Waals surface area contributed by atoms with Gasteiger partial charge in [-0.15, -0.1) is 0 Å². The van der Waals surface area contributed by atoms with Gasteiger partial charge < -0.3 is 10.1 Å². The van der Waals surface area contributed by atoms with Crippen LogP contribution in [-0.4, -0.2) is 25.3 Å². The molecule has 1 amide bonds. The van der Waals surface area contributed by atoms with E-state index in [1.165, 1.54) is 0 Å². The molecule has 1 aromatic carbocycles. The van der Waals surface area contributed by atoms with Crippen LogP contribution in [0.3, 0.4) is 0 Å². The molecule has 0 aliphatic carbocycles. The highest BCUT2D eigenvalue weighted by Crippen LogP contribution is 2.21. The van der Waals surface area contributed by atoms with E-state index < -0.39 is 0 Å². The monoisotopic (exact) mass is 299 g/mol. The van der Waals surface area contributed by atoms with Gasteiger partial charge in [-0.25, -0.2) is 0 Å². The van der Waals surface area contributed by atoms with Gasteiger partial charge in [0.25, 0.3) is 5.91 Å². The van der Waals surface area contributed by atoms with Crippen LogP contribution in [-0.2, 0) is 4.79 Å². The Morgan fingerprint density at radius 2 is 2.29 bits per heavy atom. The lowest BCUT2D eigenvalue weighted by Crippen LogP contribution is -2.29. The Morgan fingerprint density at radius 1 is 1.53 bits per heavy atom. The van der Waals surface area contributed by atoms with Crippen LogP contribution in [0.2, 0.25) is 0 Å². The van der Waals surface area contributed by atoms with Crippen molar-refractivity contribution in [2.24, 2.45) is 0 Å². The molecule has 0 saturated heterocycles. The summed E-state index contributed by atoms with van der Waals surface area (Å²) >= 11 is 3.26. The van der Waals surface area contributed by atoms with Crippen molar-refractivity contribution in [1.29, 1.82) is 0 Å². The van der Waals surface area contributed by atoms with Crippen molar-refractivity contribution in [1.82, 2.24) is 5.32 Å². The summed E-state index contributed by atoms with van der Waals surface area (Å²) in [7, 11) is 0. The lowest BCUT2D eigenvalue weighted by atomic mass is 10.2. The van der Waals surface area contributed by atoms with E-state index in [-0.39, 0.29) is 12.5 Å². The number of hydrogen-bond acceptors (Lipinski definition) is 3. The average Bonchev–Trinajstić information content (AvgIpc) is 2.34. The Kier molecular flexibility index (Phi) is 5.69. The molecule has 1 N–H and O–H groups in total. The standard InChI is InChI=1S/C12H14BrNO3/c1-2-5-14-12(16)8-17-11-4-3-10(13)6-9(11)7-15/h3-4,6-7H,2,5,8H2,1H3,(H,14,16). The van der Waals surface area contributed by atoms with Crippen LogP contribution < -0.4 is 10.1 Å². The van der Waals surface area contributed by atoms with Gasteiger partial charge in [-0.2, -0.15) is 0 Å². The highest BCUT2D eigenvalue weighted by atomic mass is 79.9. The third-order valence-electron chi connectivity index (χ3n) is 2.03. The van der Waals surface area contributed by atoms with Crippen molar-refractivity contribution in [2.45, 2.75) is 13.3 Å². The molecule has 0 unspecified atom stereocenters. The van der Waals surface area contributed by atoms with E-state index in [0.29, 0.717) is 24.1 Å². The fourth-order valence-corrected chi connectivity index (χ4v) is 1.58. The highest BCUT2D eigenvalue weighted by molar-refractivity contribution is 9.10. The van der Waals surface area contributed by atoms with E-state index in [2.05, 4.69) is 21.2 Å². The molecule has 5 heteroatoms. The van der Waals surface area contributed by atoms with Gasteiger partial charge in [-0.05, 0) is 24.6 Å². The lowest BCUT2D eigenvalue weighted by Gasteiger charge is -2.08. The fraction of sp³-hybridized carbons (Fsp3) is 0.333. The quantitative estimate of drug-likeness (QED) is 0.819. The Hall–Kier alpha value is -1.36. The number of carbonyl (C=O) groups excluding carboxylic acids is 2. The number of halogens is 1. The molecule has 0 aromatic heterocycles. The van der Waals surface area contributed by atoms with Gasteiger partial charge in [0, 0.05) is 11.0 Å². The average molecular weight is 300 g/mol. The minimum absolute atomic E-state index is 0.0809. The molecule has 0 radical (unpaired) electrons. The molecule has 0 aliphatic heterocycles. The molecule has 0 atom stereocenters. The summed E-state index contributed by atoms with van der Waals surface area (Å²) in [5.74, 6) is 0.224. The van der Waals surface area contributed by atoms with Gasteiger partial charge in [0.15, 0.2) is 12.9 Å². The second-order valence-electron chi connectivity index (χ2n) is 3.44. The van der Waals surface area contributed by atoms with Crippen LogP contribution in [0, 0.1) is 0 Å². The van der Waals surface area contributed by atoms with Crippen molar-refractivity contribution >= 4 is 28.1 Å². The van der Waals surface area contributed by atoms with Gasteiger partial charge >= 0.3 is 0 Å². The van der Waals surface area contributed by atoms with Crippen LogP contribution in [0.4, 0.5) is 0 Å². The fourth-order valence-electron chi connectivity index (χ4n) is 1.20. The van der Waals surface area contributed by atoms with Gasteiger partial charge in [0.2, 0.25) is 0 Å². The molecule has 92 valence electrons. The summed E-state index contributed by atoms with van der Waals surface area (Å²) in [5.41, 5.74) is 0.419. The minimum atomic E-state index is -0.188. The molecule has 1 rings (SSSR count). The number of nitrogens with one attached hydrogen (secondary N) is 1. The molecule has 0 heterocycles. The molecule has 17 heavy (non-hydrogen) atoms. The Balaban J connectivity index is 2.57. The highest BCUT2D eigenvalue weighted by Gasteiger charge is 2.06. The topological polar surface area (TPSA) is 55.4 Å². The first-order chi connectivity index (χ1) is 8.17. The molecule has 0 aliphatic rings. The van der Waals surface area contributed by atoms with Gasteiger partial charge in [0.1, 0.15) is 5.75 Å². The molecule has 4 nitrogen and oxygen atoms in total. The molecule has 0 spiro atoms. The van der Waals surface area contributed by atoms with Crippen LogP contribution >= 0.6 is 15.9 Å². The smallest absolute Gasteiger partial charge is 0.257 e. The largest absolute Gasteiger partial charge is 0.483 e. The molecule has 0 saturated carbocycles. The van der Waals surface area contributed by atoms with E-state index >= 15 is 0 Å². The molecule has 1 aromatic rings. The number of benzene rings is 1. The number of aldehydes is 1. The number of ether oxygens (including phenoxy) is 1. The number of amides is 1. The first-order valence-corrected chi connectivity index (χ1v) is 6.11. The maximum Gasteiger partial charge on any atom is 0.257 e.